The predicted octanol–water partition coefficient (Wildman–Crippen LogP) is 1.46. The van der Waals surface area contributed by atoms with Crippen molar-refractivity contribution in [2.45, 2.75) is 25.5 Å². The Balaban J connectivity index is 2.38. The number of aliphatic hydroxyl groups is 1. The Hall–Kier alpha value is -1.64. The number of carbonyl (C=O) groups excluding carboxylic acids is 1. The van der Waals surface area contributed by atoms with E-state index in [9.17, 15) is 9.59 Å². The molecule has 2 aromatic heterocycles. The van der Waals surface area contributed by atoms with Crippen molar-refractivity contribution in [1.82, 2.24) is 14.9 Å². The molecule has 0 unspecified atom stereocenters. The number of thioether (sulfide) groups is 1. The molecule has 2 N–H and O–H groups in total. The van der Waals surface area contributed by atoms with E-state index in [0.29, 0.717) is 21.9 Å². The van der Waals surface area contributed by atoms with Gasteiger partial charge in [0.1, 0.15) is 4.83 Å². The van der Waals surface area contributed by atoms with E-state index in [0.717, 1.165) is 10.4 Å². The van der Waals surface area contributed by atoms with Gasteiger partial charge in [0.05, 0.1) is 17.7 Å². The van der Waals surface area contributed by atoms with Crippen LogP contribution < -0.4 is 10.9 Å². The average molecular weight is 353 g/mol. The van der Waals surface area contributed by atoms with Crippen LogP contribution in [0.2, 0.25) is 0 Å². The summed E-state index contributed by atoms with van der Waals surface area (Å²) in [5.41, 5.74) is 0.854. The first-order valence-corrected chi connectivity index (χ1v) is 8.91. The second kappa shape index (κ2) is 7.76. The van der Waals surface area contributed by atoms with Crippen molar-refractivity contribution in [3.8, 4) is 0 Å². The van der Waals surface area contributed by atoms with Crippen molar-refractivity contribution in [3.05, 3.63) is 33.4 Å². The SMILES string of the molecule is C=CCn1c(SCC(=O)NCCO)nc2sc(C)c(C)c2c1=O. The van der Waals surface area contributed by atoms with E-state index in [4.69, 9.17) is 5.11 Å². The summed E-state index contributed by atoms with van der Waals surface area (Å²) in [6.45, 7) is 8.03. The minimum absolute atomic E-state index is 0.102. The third-order valence-electron chi connectivity index (χ3n) is 3.33. The summed E-state index contributed by atoms with van der Waals surface area (Å²) in [5, 5.41) is 12.4. The maximum Gasteiger partial charge on any atom is 0.263 e. The van der Waals surface area contributed by atoms with E-state index in [-0.39, 0.29) is 30.4 Å². The van der Waals surface area contributed by atoms with Crippen LogP contribution in [-0.2, 0) is 11.3 Å². The van der Waals surface area contributed by atoms with Crippen molar-refractivity contribution in [2.75, 3.05) is 18.9 Å². The van der Waals surface area contributed by atoms with Gasteiger partial charge in [0, 0.05) is 18.0 Å². The van der Waals surface area contributed by atoms with E-state index in [1.54, 1.807) is 10.6 Å². The van der Waals surface area contributed by atoms with Crippen molar-refractivity contribution in [2.24, 2.45) is 0 Å². The summed E-state index contributed by atoms with van der Waals surface area (Å²) in [4.78, 5) is 30.7. The van der Waals surface area contributed by atoms with Gasteiger partial charge in [-0.15, -0.1) is 17.9 Å². The number of rotatable bonds is 7. The average Bonchev–Trinajstić information content (AvgIpc) is 2.81. The zero-order valence-electron chi connectivity index (χ0n) is 13.1. The quantitative estimate of drug-likeness (QED) is 0.447. The Labute approximate surface area is 142 Å². The molecule has 0 spiro atoms. The van der Waals surface area contributed by atoms with Crippen LogP contribution in [0.5, 0.6) is 0 Å². The number of aryl methyl sites for hydroxylation is 2. The molecule has 0 bridgehead atoms. The predicted molar refractivity (Wildman–Crippen MR) is 94.4 cm³/mol. The fourth-order valence-corrected chi connectivity index (χ4v) is 3.99. The summed E-state index contributed by atoms with van der Waals surface area (Å²) >= 11 is 2.69. The molecular weight excluding hydrogens is 334 g/mol. The van der Waals surface area contributed by atoms with Gasteiger partial charge in [-0.1, -0.05) is 17.8 Å². The van der Waals surface area contributed by atoms with Gasteiger partial charge in [0.25, 0.3) is 5.56 Å². The number of nitrogens with one attached hydrogen (secondary N) is 1. The Morgan fingerprint density at radius 2 is 2.26 bits per heavy atom. The highest BCUT2D eigenvalue weighted by molar-refractivity contribution is 7.99. The molecule has 23 heavy (non-hydrogen) atoms. The summed E-state index contributed by atoms with van der Waals surface area (Å²) in [6, 6.07) is 0. The summed E-state index contributed by atoms with van der Waals surface area (Å²) in [6.07, 6.45) is 1.64. The van der Waals surface area contributed by atoms with Crippen molar-refractivity contribution in [1.29, 1.82) is 0 Å². The molecule has 124 valence electrons. The fourth-order valence-electron chi connectivity index (χ4n) is 2.09. The van der Waals surface area contributed by atoms with Crippen LogP contribution in [0.15, 0.2) is 22.6 Å². The van der Waals surface area contributed by atoms with Gasteiger partial charge in [-0.2, -0.15) is 0 Å². The van der Waals surface area contributed by atoms with Gasteiger partial charge >= 0.3 is 0 Å². The number of aliphatic hydroxyl groups excluding tert-OH is 1. The molecule has 0 atom stereocenters. The highest BCUT2D eigenvalue weighted by Gasteiger charge is 2.16. The first kappa shape index (κ1) is 17.7. The second-order valence-electron chi connectivity index (χ2n) is 4.92. The minimum atomic E-state index is -0.206. The van der Waals surface area contributed by atoms with Gasteiger partial charge in [0.15, 0.2) is 5.16 Å². The van der Waals surface area contributed by atoms with E-state index in [1.165, 1.54) is 23.1 Å². The molecule has 2 heterocycles. The lowest BCUT2D eigenvalue weighted by molar-refractivity contribution is -0.118. The van der Waals surface area contributed by atoms with Crippen LogP contribution in [0.25, 0.3) is 10.2 Å². The smallest absolute Gasteiger partial charge is 0.263 e. The summed E-state index contributed by atoms with van der Waals surface area (Å²) in [7, 11) is 0. The molecule has 6 nitrogen and oxygen atoms in total. The molecule has 2 aromatic rings. The topological polar surface area (TPSA) is 84.2 Å². The lowest BCUT2D eigenvalue weighted by Gasteiger charge is -2.10. The molecule has 0 radical (unpaired) electrons. The number of hydrogen-bond donors (Lipinski definition) is 2. The number of fused-ring (bicyclic) bond motifs is 1. The van der Waals surface area contributed by atoms with Gasteiger partial charge in [0.2, 0.25) is 5.91 Å². The first-order chi connectivity index (χ1) is 11.0. The van der Waals surface area contributed by atoms with Gasteiger partial charge in [-0.25, -0.2) is 4.98 Å². The van der Waals surface area contributed by atoms with Crippen LogP contribution in [-0.4, -0.2) is 39.5 Å². The van der Waals surface area contributed by atoms with Crippen molar-refractivity contribution < 1.29 is 9.90 Å². The van der Waals surface area contributed by atoms with Crippen LogP contribution in [0.3, 0.4) is 0 Å². The first-order valence-electron chi connectivity index (χ1n) is 7.11. The number of nitrogens with zero attached hydrogens (tertiary/aromatic N) is 2. The normalized spacial score (nSPS) is 10.9. The van der Waals surface area contributed by atoms with Crippen LogP contribution in [0.1, 0.15) is 10.4 Å². The summed E-state index contributed by atoms with van der Waals surface area (Å²) in [5.74, 6) is -0.0691. The van der Waals surface area contributed by atoms with Gasteiger partial charge < -0.3 is 10.4 Å². The number of carbonyl (C=O) groups is 1. The van der Waals surface area contributed by atoms with E-state index >= 15 is 0 Å². The number of thiophene rings is 1. The largest absolute Gasteiger partial charge is 0.395 e. The number of aromatic nitrogens is 2. The standard InChI is InChI=1S/C15H19N3O3S2/c1-4-6-18-14(21)12-9(2)10(3)23-13(12)17-15(18)22-8-11(20)16-5-7-19/h4,19H,1,5-8H2,2-3H3,(H,16,20). The molecule has 2 rings (SSSR count). The molecule has 0 aliphatic rings. The van der Waals surface area contributed by atoms with Crippen LogP contribution in [0, 0.1) is 13.8 Å². The van der Waals surface area contributed by atoms with E-state index in [2.05, 4.69) is 16.9 Å². The fraction of sp³-hybridized carbons (Fsp3) is 0.400. The maximum absolute atomic E-state index is 12.7. The lowest BCUT2D eigenvalue weighted by Crippen LogP contribution is -2.29. The molecule has 8 heteroatoms. The molecule has 0 saturated heterocycles. The number of amides is 1. The molecule has 1 amide bonds. The monoisotopic (exact) mass is 353 g/mol. The lowest BCUT2D eigenvalue weighted by atomic mass is 10.2. The Morgan fingerprint density at radius 3 is 2.91 bits per heavy atom. The molecule has 0 saturated carbocycles. The molecule has 0 aliphatic heterocycles. The van der Waals surface area contributed by atoms with Gasteiger partial charge in [-0.05, 0) is 19.4 Å². The Kier molecular flexibility index (Phi) is 5.97. The highest BCUT2D eigenvalue weighted by atomic mass is 32.2. The number of hydrogen-bond acceptors (Lipinski definition) is 6. The van der Waals surface area contributed by atoms with Gasteiger partial charge in [-0.3, -0.25) is 14.2 Å². The zero-order chi connectivity index (χ0) is 17.0. The van der Waals surface area contributed by atoms with Crippen LogP contribution in [0.4, 0.5) is 0 Å². The Bertz CT molecular complexity index is 795. The Morgan fingerprint density at radius 1 is 1.52 bits per heavy atom. The third-order valence-corrected chi connectivity index (χ3v) is 5.41. The van der Waals surface area contributed by atoms with Crippen LogP contribution >= 0.6 is 23.1 Å². The molecule has 0 fully saturated rings. The van der Waals surface area contributed by atoms with Crippen molar-refractivity contribution in [3.63, 3.8) is 0 Å². The molecule has 0 aliphatic carbocycles. The van der Waals surface area contributed by atoms with E-state index < -0.39 is 0 Å². The minimum Gasteiger partial charge on any atom is -0.395 e. The highest BCUT2D eigenvalue weighted by Crippen LogP contribution is 2.28. The summed E-state index contributed by atoms with van der Waals surface area (Å²) < 4.78 is 1.54. The third kappa shape index (κ3) is 3.82. The van der Waals surface area contributed by atoms with Crippen molar-refractivity contribution >= 4 is 39.2 Å². The molecular formula is C15H19N3O3S2. The van der Waals surface area contributed by atoms with E-state index in [1.807, 2.05) is 13.8 Å². The zero-order valence-corrected chi connectivity index (χ0v) is 14.7. The number of allylic oxidation sites excluding steroid dienone is 1. The maximum atomic E-state index is 12.7. The second-order valence-corrected chi connectivity index (χ2v) is 7.07. The molecule has 0 aromatic carbocycles.